The van der Waals surface area contributed by atoms with E-state index in [1.54, 1.807) is 18.2 Å². The largest absolute Gasteiger partial charge is 0.439 e. The Morgan fingerprint density at radius 3 is 2.48 bits per heavy atom. The van der Waals surface area contributed by atoms with Crippen molar-refractivity contribution in [1.82, 2.24) is 9.97 Å². The molecule has 0 aliphatic heterocycles. The molecule has 5 heteroatoms. The molecule has 0 unspecified atom stereocenters. The van der Waals surface area contributed by atoms with E-state index in [0.717, 1.165) is 17.0 Å². The number of aromatic nitrogens is 2. The zero-order chi connectivity index (χ0) is 16.1. The second-order valence-corrected chi connectivity index (χ2v) is 5.90. The minimum absolute atomic E-state index is 0.232. The van der Waals surface area contributed by atoms with Crippen molar-refractivity contribution >= 4 is 11.8 Å². The van der Waals surface area contributed by atoms with Gasteiger partial charge < -0.3 is 4.74 Å². The first kappa shape index (κ1) is 15.5. The van der Waals surface area contributed by atoms with E-state index in [0.29, 0.717) is 16.8 Å². The number of ether oxygens (including phenoxy) is 1. The van der Waals surface area contributed by atoms with Gasteiger partial charge in [-0.2, -0.15) is 4.98 Å². The van der Waals surface area contributed by atoms with Gasteiger partial charge in [-0.1, -0.05) is 42.1 Å². The first-order chi connectivity index (χ1) is 11.2. The molecule has 0 aliphatic rings. The van der Waals surface area contributed by atoms with Crippen molar-refractivity contribution in [3.05, 3.63) is 77.7 Å². The molecule has 0 saturated heterocycles. The molecule has 1 aromatic heterocycles. The van der Waals surface area contributed by atoms with E-state index in [-0.39, 0.29) is 5.82 Å². The predicted octanol–water partition coefficient (Wildman–Crippen LogP) is 5.01. The predicted molar refractivity (Wildman–Crippen MR) is 89.2 cm³/mol. The molecule has 0 N–H and O–H groups in total. The van der Waals surface area contributed by atoms with Gasteiger partial charge in [0.25, 0.3) is 0 Å². The van der Waals surface area contributed by atoms with Crippen molar-refractivity contribution in [2.45, 2.75) is 17.8 Å². The van der Waals surface area contributed by atoms with Gasteiger partial charge in [0.1, 0.15) is 11.6 Å². The lowest BCUT2D eigenvalue weighted by molar-refractivity contribution is 0.454. The Bertz CT molecular complexity index is 779. The lowest BCUT2D eigenvalue weighted by Gasteiger charge is -2.07. The van der Waals surface area contributed by atoms with Gasteiger partial charge in [-0.15, -0.1) is 0 Å². The highest BCUT2D eigenvalue weighted by molar-refractivity contribution is 7.98. The van der Waals surface area contributed by atoms with Gasteiger partial charge in [0.05, 0.1) is 0 Å². The van der Waals surface area contributed by atoms with E-state index >= 15 is 0 Å². The number of rotatable bonds is 5. The molecule has 1 heterocycles. The van der Waals surface area contributed by atoms with Crippen molar-refractivity contribution in [3.63, 3.8) is 0 Å². The maximum absolute atomic E-state index is 12.9. The van der Waals surface area contributed by atoms with Gasteiger partial charge in [0.15, 0.2) is 5.16 Å². The molecule has 0 radical (unpaired) electrons. The maximum Gasteiger partial charge on any atom is 0.223 e. The van der Waals surface area contributed by atoms with Gasteiger partial charge in [-0.05, 0) is 36.8 Å². The van der Waals surface area contributed by atoms with Gasteiger partial charge in [-0.3, -0.25) is 0 Å². The third-order valence-electron chi connectivity index (χ3n) is 3.06. The molecular weight excluding hydrogens is 311 g/mol. The average Bonchev–Trinajstić information content (AvgIpc) is 2.55. The Balaban J connectivity index is 1.71. The van der Waals surface area contributed by atoms with Crippen LogP contribution in [0.15, 0.2) is 65.8 Å². The molecule has 0 saturated carbocycles. The van der Waals surface area contributed by atoms with Gasteiger partial charge in [-0.25, -0.2) is 9.37 Å². The van der Waals surface area contributed by atoms with Crippen molar-refractivity contribution < 1.29 is 9.13 Å². The van der Waals surface area contributed by atoms with E-state index in [2.05, 4.69) is 9.97 Å². The molecule has 3 nitrogen and oxygen atoms in total. The third kappa shape index (κ3) is 4.53. The Hall–Kier alpha value is -2.40. The molecule has 0 fully saturated rings. The van der Waals surface area contributed by atoms with Crippen LogP contribution in [-0.4, -0.2) is 9.97 Å². The highest BCUT2D eigenvalue weighted by atomic mass is 32.2. The summed E-state index contributed by atoms with van der Waals surface area (Å²) in [5.74, 6) is 1.70. The van der Waals surface area contributed by atoms with Crippen LogP contribution in [0.1, 0.15) is 11.3 Å². The number of thioether (sulfide) groups is 1. The average molecular weight is 326 g/mol. The van der Waals surface area contributed by atoms with Crippen LogP contribution in [-0.2, 0) is 5.75 Å². The second-order valence-electron chi connectivity index (χ2n) is 4.96. The van der Waals surface area contributed by atoms with Crippen LogP contribution in [0.5, 0.6) is 11.6 Å². The smallest absolute Gasteiger partial charge is 0.223 e. The van der Waals surface area contributed by atoms with Crippen molar-refractivity contribution in [2.24, 2.45) is 0 Å². The zero-order valence-corrected chi connectivity index (χ0v) is 13.4. The molecular formula is C18H15FN2OS. The lowest BCUT2D eigenvalue weighted by Crippen LogP contribution is -1.95. The number of hydrogen-bond acceptors (Lipinski definition) is 4. The number of benzene rings is 2. The summed E-state index contributed by atoms with van der Waals surface area (Å²) >= 11 is 1.49. The van der Waals surface area contributed by atoms with Crippen LogP contribution in [0, 0.1) is 12.7 Å². The van der Waals surface area contributed by atoms with Crippen LogP contribution >= 0.6 is 11.8 Å². The molecule has 0 spiro atoms. The SMILES string of the molecule is Cc1cc(Oc2ccccc2)nc(SCc2ccc(F)cc2)n1. The molecule has 0 aliphatic carbocycles. The second kappa shape index (κ2) is 7.24. The monoisotopic (exact) mass is 326 g/mol. The summed E-state index contributed by atoms with van der Waals surface area (Å²) in [4.78, 5) is 8.82. The quantitative estimate of drug-likeness (QED) is 0.488. The number of nitrogens with zero attached hydrogens (tertiary/aromatic N) is 2. The van der Waals surface area contributed by atoms with E-state index in [1.165, 1.54) is 23.9 Å². The summed E-state index contributed by atoms with van der Waals surface area (Å²) in [7, 11) is 0. The number of aryl methyl sites for hydroxylation is 1. The summed E-state index contributed by atoms with van der Waals surface area (Å²) in [5.41, 5.74) is 1.86. The van der Waals surface area contributed by atoms with Crippen LogP contribution < -0.4 is 4.74 Å². The zero-order valence-electron chi connectivity index (χ0n) is 12.6. The molecule has 116 valence electrons. The van der Waals surface area contributed by atoms with E-state index in [1.807, 2.05) is 37.3 Å². The molecule has 23 heavy (non-hydrogen) atoms. The summed E-state index contributed by atoms with van der Waals surface area (Å²) in [6.45, 7) is 1.90. The summed E-state index contributed by atoms with van der Waals surface area (Å²) in [6.07, 6.45) is 0. The Morgan fingerprint density at radius 2 is 1.74 bits per heavy atom. The van der Waals surface area contributed by atoms with Gasteiger partial charge in [0.2, 0.25) is 5.88 Å². The topological polar surface area (TPSA) is 35.0 Å². The minimum atomic E-state index is -0.232. The molecule has 0 amide bonds. The van der Waals surface area contributed by atoms with Gasteiger partial charge in [0, 0.05) is 17.5 Å². The molecule has 3 aromatic rings. The molecule has 2 aromatic carbocycles. The summed E-state index contributed by atoms with van der Waals surface area (Å²) in [5, 5.41) is 0.639. The number of halogens is 1. The number of para-hydroxylation sites is 1. The van der Waals surface area contributed by atoms with Crippen LogP contribution in [0.3, 0.4) is 0 Å². The van der Waals surface area contributed by atoms with Crippen LogP contribution in [0.2, 0.25) is 0 Å². The normalized spacial score (nSPS) is 10.5. The Labute approximate surface area is 138 Å². The fourth-order valence-electron chi connectivity index (χ4n) is 1.97. The van der Waals surface area contributed by atoms with Crippen LogP contribution in [0.25, 0.3) is 0 Å². The van der Waals surface area contributed by atoms with Crippen molar-refractivity contribution in [3.8, 4) is 11.6 Å². The maximum atomic E-state index is 12.9. The lowest BCUT2D eigenvalue weighted by atomic mass is 10.2. The fraction of sp³-hybridized carbons (Fsp3) is 0.111. The Kier molecular flexibility index (Phi) is 4.88. The van der Waals surface area contributed by atoms with Crippen molar-refractivity contribution in [1.29, 1.82) is 0 Å². The number of hydrogen-bond donors (Lipinski definition) is 0. The standard InChI is InChI=1S/C18H15FN2OS/c1-13-11-17(22-16-5-3-2-4-6-16)21-18(20-13)23-12-14-7-9-15(19)10-8-14/h2-11H,12H2,1H3. The molecule has 0 atom stereocenters. The van der Waals surface area contributed by atoms with E-state index in [9.17, 15) is 4.39 Å². The minimum Gasteiger partial charge on any atom is -0.439 e. The first-order valence-electron chi connectivity index (χ1n) is 7.15. The van der Waals surface area contributed by atoms with Crippen molar-refractivity contribution in [2.75, 3.05) is 0 Å². The highest BCUT2D eigenvalue weighted by Gasteiger charge is 2.06. The molecule has 0 bridgehead atoms. The third-order valence-corrected chi connectivity index (χ3v) is 3.98. The van der Waals surface area contributed by atoms with E-state index in [4.69, 9.17) is 4.74 Å². The fourth-order valence-corrected chi connectivity index (χ4v) is 2.82. The van der Waals surface area contributed by atoms with Gasteiger partial charge >= 0.3 is 0 Å². The highest BCUT2D eigenvalue weighted by Crippen LogP contribution is 2.25. The molecule has 3 rings (SSSR count). The Morgan fingerprint density at radius 1 is 1.00 bits per heavy atom. The van der Waals surface area contributed by atoms with E-state index < -0.39 is 0 Å². The summed E-state index contributed by atoms with van der Waals surface area (Å²) in [6, 6.07) is 17.7. The summed E-state index contributed by atoms with van der Waals surface area (Å²) < 4.78 is 18.7. The van der Waals surface area contributed by atoms with Crippen LogP contribution in [0.4, 0.5) is 4.39 Å². The first-order valence-corrected chi connectivity index (χ1v) is 8.13.